The molecular formula is C16H15N2S. The molecule has 0 saturated heterocycles. The number of rotatable bonds is 3. The Kier molecular flexibility index (Phi) is 3.30. The minimum atomic E-state index is 1.00. The maximum atomic E-state index is 4.75. The Morgan fingerprint density at radius 3 is 2.68 bits per heavy atom. The average molecular weight is 267 g/mol. The van der Waals surface area contributed by atoms with E-state index < -0.39 is 0 Å². The predicted molar refractivity (Wildman–Crippen MR) is 81.1 cm³/mol. The van der Waals surface area contributed by atoms with Crippen LogP contribution in [0.3, 0.4) is 0 Å². The molecule has 0 fully saturated rings. The van der Waals surface area contributed by atoms with E-state index in [1.807, 2.05) is 28.9 Å². The van der Waals surface area contributed by atoms with Gasteiger partial charge in [0.2, 0.25) is 0 Å². The highest BCUT2D eigenvalue weighted by molar-refractivity contribution is 7.98. The molecule has 0 unspecified atom stereocenters. The molecule has 95 valence electrons. The molecule has 0 aliphatic heterocycles. The first kappa shape index (κ1) is 12.3. The van der Waals surface area contributed by atoms with E-state index in [1.165, 1.54) is 10.9 Å². The minimum Gasteiger partial charge on any atom is -0.232 e. The lowest BCUT2D eigenvalue weighted by molar-refractivity contribution is 0.861. The van der Waals surface area contributed by atoms with Crippen LogP contribution in [0.4, 0.5) is 0 Å². The predicted octanol–water partition coefficient (Wildman–Crippen LogP) is 4.11. The summed E-state index contributed by atoms with van der Waals surface area (Å²) in [4.78, 5) is 0. The molecular weight excluding hydrogens is 252 g/mol. The van der Waals surface area contributed by atoms with Gasteiger partial charge in [-0.25, -0.2) is 4.68 Å². The van der Waals surface area contributed by atoms with E-state index in [-0.39, 0.29) is 0 Å². The normalized spacial score (nSPS) is 11.1. The molecule has 19 heavy (non-hydrogen) atoms. The third-order valence-corrected chi connectivity index (χ3v) is 3.94. The lowest BCUT2D eigenvalue weighted by Crippen LogP contribution is -1.95. The second-order valence-corrected chi connectivity index (χ2v) is 5.15. The Morgan fingerprint density at radius 1 is 1.21 bits per heavy atom. The first-order valence-corrected chi connectivity index (χ1v) is 7.58. The fourth-order valence-corrected chi connectivity index (χ4v) is 2.93. The Balaban J connectivity index is 2.33. The molecule has 0 saturated carbocycles. The van der Waals surface area contributed by atoms with Crippen molar-refractivity contribution in [1.29, 1.82) is 0 Å². The van der Waals surface area contributed by atoms with Crippen LogP contribution >= 0.6 is 11.8 Å². The summed E-state index contributed by atoms with van der Waals surface area (Å²) in [7, 11) is 0. The molecule has 0 bridgehead atoms. The van der Waals surface area contributed by atoms with Gasteiger partial charge in [-0.05, 0) is 42.5 Å². The third kappa shape index (κ3) is 2.04. The first-order valence-electron chi connectivity index (χ1n) is 6.36. The molecule has 0 aliphatic rings. The van der Waals surface area contributed by atoms with Crippen LogP contribution in [0.5, 0.6) is 0 Å². The Hall–Kier alpha value is -1.74. The molecule has 3 aromatic rings. The van der Waals surface area contributed by atoms with Gasteiger partial charge in [0.05, 0.1) is 11.2 Å². The first-order chi connectivity index (χ1) is 9.35. The molecule has 0 N–H and O–H groups in total. The topological polar surface area (TPSA) is 17.8 Å². The monoisotopic (exact) mass is 267 g/mol. The van der Waals surface area contributed by atoms with Crippen LogP contribution < -0.4 is 0 Å². The summed E-state index contributed by atoms with van der Waals surface area (Å²) < 4.78 is 2.01. The van der Waals surface area contributed by atoms with Gasteiger partial charge in [0.1, 0.15) is 5.03 Å². The van der Waals surface area contributed by atoms with Gasteiger partial charge in [-0.2, -0.15) is 5.10 Å². The summed E-state index contributed by atoms with van der Waals surface area (Å²) >= 11 is 1.70. The fraction of sp³-hybridized carbons (Fsp3) is 0.188. The highest BCUT2D eigenvalue weighted by Gasteiger charge is 2.13. The number of hydrogen-bond acceptors (Lipinski definition) is 2. The highest BCUT2D eigenvalue weighted by atomic mass is 32.2. The summed E-state index contributed by atoms with van der Waals surface area (Å²) in [5.41, 5.74) is 3.54. The van der Waals surface area contributed by atoms with Crippen molar-refractivity contribution < 1.29 is 0 Å². The summed E-state index contributed by atoms with van der Waals surface area (Å²) in [6, 6.07) is 17.6. The quantitative estimate of drug-likeness (QED) is 0.665. The van der Waals surface area contributed by atoms with Crippen molar-refractivity contribution in [2.75, 3.05) is 6.26 Å². The fourth-order valence-electron chi connectivity index (χ4n) is 2.33. The van der Waals surface area contributed by atoms with E-state index in [0.29, 0.717) is 0 Å². The number of para-hydroxylation sites is 1. The average Bonchev–Trinajstić information content (AvgIpc) is 2.87. The standard InChI is InChI=1S/C16H15N2S/c1-3-12-8-7-11-14-15(12)16(19-2)17-18(14)13-9-5-4-6-10-13/h4-6,8-11H,3H2,1-2H3. The maximum absolute atomic E-state index is 4.75. The van der Waals surface area contributed by atoms with Crippen molar-refractivity contribution in [3.63, 3.8) is 0 Å². The minimum absolute atomic E-state index is 1.00. The van der Waals surface area contributed by atoms with E-state index in [2.05, 4.69) is 37.4 Å². The van der Waals surface area contributed by atoms with Crippen molar-refractivity contribution in [2.24, 2.45) is 0 Å². The zero-order valence-electron chi connectivity index (χ0n) is 11.1. The van der Waals surface area contributed by atoms with E-state index in [1.54, 1.807) is 11.8 Å². The number of aryl methyl sites for hydroxylation is 1. The van der Waals surface area contributed by atoms with Crippen molar-refractivity contribution in [1.82, 2.24) is 9.78 Å². The highest BCUT2D eigenvalue weighted by Crippen LogP contribution is 2.30. The van der Waals surface area contributed by atoms with Gasteiger partial charge in [0.15, 0.2) is 0 Å². The van der Waals surface area contributed by atoms with E-state index in [9.17, 15) is 0 Å². The molecule has 0 amide bonds. The number of aromatic nitrogens is 2. The van der Waals surface area contributed by atoms with Gasteiger partial charge < -0.3 is 0 Å². The second-order valence-electron chi connectivity index (χ2n) is 4.35. The summed E-state index contributed by atoms with van der Waals surface area (Å²) in [6.45, 7) is 2.17. The van der Waals surface area contributed by atoms with Crippen LogP contribution in [0.2, 0.25) is 0 Å². The van der Waals surface area contributed by atoms with Crippen LogP contribution in [-0.2, 0) is 6.42 Å². The maximum Gasteiger partial charge on any atom is 0.126 e. The molecule has 3 rings (SSSR count). The van der Waals surface area contributed by atoms with Crippen LogP contribution in [-0.4, -0.2) is 16.0 Å². The molecule has 1 aromatic heterocycles. The molecule has 2 aromatic carbocycles. The van der Waals surface area contributed by atoms with Crippen LogP contribution in [0.1, 0.15) is 12.5 Å². The van der Waals surface area contributed by atoms with Gasteiger partial charge in [0, 0.05) is 5.39 Å². The lowest BCUT2D eigenvalue weighted by Gasteiger charge is -2.03. The second kappa shape index (κ2) is 5.10. The SMILES string of the molecule is CCc1c[c]cc2c1c(SC)nn2-c1ccccc1. The van der Waals surface area contributed by atoms with Gasteiger partial charge >= 0.3 is 0 Å². The smallest absolute Gasteiger partial charge is 0.126 e. The van der Waals surface area contributed by atoms with Gasteiger partial charge in [-0.15, -0.1) is 11.8 Å². The Bertz CT molecular complexity index is 701. The third-order valence-electron chi connectivity index (χ3n) is 3.26. The Morgan fingerprint density at radius 2 is 2.00 bits per heavy atom. The Labute approximate surface area is 117 Å². The molecule has 1 radical (unpaired) electrons. The molecule has 1 heterocycles. The van der Waals surface area contributed by atoms with Crippen molar-refractivity contribution in [3.8, 4) is 5.69 Å². The molecule has 3 heteroatoms. The molecule has 0 atom stereocenters. The number of nitrogens with zero attached hydrogens (tertiary/aromatic N) is 2. The zero-order chi connectivity index (χ0) is 13.2. The number of hydrogen-bond donors (Lipinski definition) is 0. The largest absolute Gasteiger partial charge is 0.232 e. The van der Waals surface area contributed by atoms with Crippen LogP contribution in [0.25, 0.3) is 16.6 Å². The van der Waals surface area contributed by atoms with E-state index in [0.717, 1.165) is 22.7 Å². The summed E-state index contributed by atoms with van der Waals surface area (Å²) in [6.07, 6.45) is 3.08. The number of benzene rings is 2. The van der Waals surface area contributed by atoms with Gasteiger partial charge in [-0.3, -0.25) is 0 Å². The number of thioether (sulfide) groups is 1. The summed E-state index contributed by atoms with van der Waals surface area (Å²) in [5.74, 6) is 0. The van der Waals surface area contributed by atoms with Crippen molar-refractivity contribution in [2.45, 2.75) is 18.4 Å². The zero-order valence-corrected chi connectivity index (χ0v) is 11.9. The van der Waals surface area contributed by atoms with Crippen molar-refractivity contribution >= 4 is 22.7 Å². The summed E-state index contributed by atoms with van der Waals surface area (Å²) in [5, 5.41) is 7.10. The van der Waals surface area contributed by atoms with E-state index >= 15 is 0 Å². The molecule has 2 nitrogen and oxygen atoms in total. The van der Waals surface area contributed by atoms with Crippen molar-refractivity contribution in [3.05, 3.63) is 54.1 Å². The lowest BCUT2D eigenvalue weighted by atomic mass is 10.1. The van der Waals surface area contributed by atoms with Gasteiger partial charge in [-0.1, -0.05) is 31.2 Å². The molecule has 0 aliphatic carbocycles. The van der Waals surface area contributed by atoms with Crippen LogP contribution in [0.15, 0.2) is 47.5 Å². The van der Waals surface area contributed by atoms with Gasteiger partial charge in [0.25, 0.3) is 0 Å². The van der Waals surface area contributed by atoms with E-state index in [4.69, 9.17) is 5.10 Å². The van der Waals surface area contributed by atoms with Crippen LogP contribution in [0, 0.1) is 6.07 Å². The number of fused-ring (bicyclic) bond motifs is 1. The molecule has 0 spiro atoms.